The van der Waals surface area contributed by atoms with Crippen LogP contribution in [-0.4, -0.2) is 0 Å². The number of rotatable bonds is 22. The van der Waals surface area contributed by atoms with E-state index in [4.69, 9.17) is 11.5 Å². The van der Waals surface area contributed by atoms with E-state index in [0.717, 1.165) is 17.8 Å². The quantitative estimate of drug-likeness (QED) is 0.0660. The van der Waals surface area contributed by atoms with Gasteiger partial charge in [0.05, 0.1) is 0 Å². The molecular weight excluding hydrogens is 581 g/mol. The summed E-state index contributed by atoms with van der Waals surface area (Å²) in [7, 11) is 0. The van der Waals surface area contributed by atoms with Crippen molar-refractivity contribution in [3.63, 3.8) is 0 Å². The molecular formula is C46H64N2. The Morgan fingerprint density at radius 2 is 0.729 bits per heavy atom. The summed E-state index contributed by atoms with van der Waals surface area (Å²) >= 11 is 0. The Morgan fingerprint density at radius 1 is 0.375 bits per heavy atom. The maximum Gasteiger partial charge on any atom is 0.0314 e. The highest BCUT2D eigenvalue weighted by molar-refractivity contribution is 5.44. The van der Waals surface area contributed by atoms with Crippen LogP contribution in [0.2, 0.25) is 0 Å². The summed E-state index contributed by atoms with van der Waals surface area (Å²) in [6.07, 6.45) is 20.5. The fraction of sp³-hybridized carbons (Fsp3) is 0.478. The molecule has 4 aromatic rings. The van der Waals surface area contributed by atoms with Crippen molar-refractivity contribution in [1.82, 2.24) is 0 Å². The van der Waals surface area contributed by atoms with Gasteiger partial charge in [-0.25, -0.2) is 0 Å². The Hall–Kier alpha value is -3.52. The molecule has 0 bridgehead atoms. The second kappa shape index (κ2) is 20.8. The molecule has 258 valence electrons. The van der Waals surface area contributed by atoms with Crippen molar-refractivity contribution in [2.24, 2.45) is 0 Å². The molecule has 0 heterocycles. The van der Waals surface area contributed by atoms with Gasteiger partial charge in [0.1, 0.15) is 0 Å². The van der Waals surface area contributed by atoms with Crippen molar-refractivity contribution < 1.29 is 0 Å². The molecule has 2 nitrogen and oxygen atoms in total. The first kappa shape index (κ1) is 37.3. The van der Waals surface area contributed by atoms with E-state index in [-0.39, 0.29) is 0 Å². The third-order valence-corrected chi connectivity index (χ3v) is 10.5. The maximum absolute atomic E-state index is 6.04. The summed E-state index contributed by atoms with van der Waals surface area (Å²) in [6, 6.07) is 36.4. The van der Waals surface area contributed by atoms with Crippen molar-refractivity contribution in [3.8, 4) is 0 Å². The number of nitrogen functional groups attached to an aromatic ring is 2. The topological polar surface area (TPSA) is 52.0 Å². The lowest BCUT2D eigenvalue weighted by Gasteiger charge is -2.22. The van der Waals surface area contributed by atoms with Gasteiger partial charge >= 0.3 is 0 Å². The van der Waals surface area contributed by atoms with Crippen molar-refractivity contribution >= 4 is 11.4 Å². The van der Waals surface area contributed by atoms with Gasteiger partial charge < -0.3 is 11.5 Å². The average molecular weight is 645 g/mol. The molecule has 0 amide bonds. The van der Waals surface area contributed by atoms with Crippen molar-refractivity contribution in [3.05, 3.63) is 130 Å². The number of nitrogens with two attached hydrogens (primary N) is 2. The van der Waals surface area contributed by atoms with Gasteiger partial charge in [-0.3, -0.25) is 0 Å². The summed E-state index contributed by atoms with van der Waals surface area (Å²) in [5.74, 6) is 1.37. The summed E-state index contributed by atoms with van der Waals surface area (Å²) in [5.41, 5.74) is 22.2. The van der Waals surface area contributed by atoms with Gasteiger partial charge in [-0.1, -0.05) is 171 Å². The highest BCUT2D eigenvalue weighted by Crippen LogP contribution is 2.35. The molecule has 0 aliphatic rings. The number of anilines is 2. The zero-order chi connectivity index (χ0) is 34.0. The third-order valence-electron chi connectivity index (χ3n) is 10.5. The van der Waals surface area contributed by atoms with Crippen LogP contribution in [0.3, 0.4) is 0 Å². The van der Waals surface area contributed by atoms with Gasteiger partial charge in [-0.15, -0.1) is 0 Å². The Bertz CT molecular complexity index is 1400. The van der Waals surface area contributed by atoms with E-state index in [1.54, 1.807) is 0 Å². The minimum Gasteiger partial charge on any atom is -0.399 e. The summed E-state index contributed by atoms with van der Waals surface area (Å²) in [6.45, 7) is 6.87. The lowest BCUT2D eigenvalue weighted by atomic mass is 9.83. The maximum atomic E-state index is 6.04. The van der Waals surface area contributed by atoms with E-state index in [2.05, 4.69) is 106 Å². The highest BCUT2D eigenvalue weighted by Gasteiger charge is 2.18. The monoisotopic (exact) mass is 645 g/mol. The molecule has 0 radical (unpaired) electrons. The molecule has 2 heteroatoms. The van der Waals surface area contributed by atoms with Crippen LogP contribution in [-0.2, 0) is 6.42 Å². The van der Waals surface area contributed by atoms with Gasteiger partial charge in [0.25, 0.3) is 0 Å². The van der Waals surface area contributed by atoms with Crippen molar-refractivity contribution in [2.45, 2.75) is 141 Å². The van der Waals surface area contributed by atoms with Crippen LogP contribution in [0.15, 0.2) is 97.1 Å². The van der Waals surface area contributed by atoms with E-state index >= 15 is 0 Å². The van der Waals surface area contributed by atoms with Crippen LogP contribution in [0, 0.1) is 0 Å². The summed E-state index contributed by atoms with van der Waals surface area (Å²) in [4.78, 5) is 0. The van der Waals surface area contributed by atoms with Crippen LogP contribution in [0.1, 0.15) is 168 Å². The Labute approximate surface area is 293 Å². The summed E-state index contributed by atoms with van der Waals surface area (Å²) < 4.78 is 0. The van der Waals surface area contributed by atoms with E-state index in [0.29, 0.717) is 17.8 Å². The number of hydrogen-bond acceptors (Lipinski definition) is 2. The molecule has 48 heavy (non-hydrogen) atoms. The smallest absolute Gasteiger partial charge is 0.0314 e. The molecule has 0 fully saturated rings. The molecule has 0 saturated heterocycles. The third kappa shape index (κ3) is 11.9. The minimum atomic E-state index is 0.417. The van der Waals surface area contributed by atoms with Crippen LogP contribution in [0.25, 0.3) is 0 Å². The standard InChI is InChI=1S/C46H64N2/c1-4-7-10-11-12-13-14-15-16-42(37-23-25-39(26-24-37)46(18-9-6-3)41-29-33-44(48)34-30-41)35-36-19-21-38(22-20-36)45(17-8-5-2)40-27-31-43(47)32-28-40/h19-34,42,45-46H,4-18,35,47-48H2,1-3H3. The van der Waals surface area contributed by atoms with Crippen LogP contribution >= 0.6 is 0 Å². The van der Waals surface area contributed by atoms with Crippen molar-refractivity contribution in [1.29, 1.82) is 0 Å². The molecule has 4 N–H and O–H groups in total. The zero-order valence-electron chi connectivity index (χ0n) is 30.4. The first-order valence-electron chi connectivity index (χ1n) is 19.4. The first-order chi connectivity index (χ1) is 23.5. The Balaban J connectivity index is 1.50. The second-order valence-corrected chi connectivity index (χ2v) is 14.3. The lowest BCUT2D eigenvalue weighted by Crippen LogP contribution is -2.06. The second-order valence-electron chi connectivity index (χ2n) is 14.3. The summed E-state index contributed by atoms with van der Waals surface area (Å²) in [5, 5.41) is 0. The Kier molecular flexibility index (Phi) is 16.1. The van der Waals surface area contributed by atoms with Gasteiger partial charge in [-0.05, 0) is 89.2 Å². The molecule has 4 rings (SSSR count). The number of hydrogen-bond donors (Lipinski definition) is 2. The first-order valence-corrected chi connectivity index (χ1v) is 19.4. The molecule has 0 aliphatic heterocycles. The van der Waals surface area contributed by atoms with E-state index in [9.17, 15) is 0 Å². The fourth-order valence-electron chi connectivity index (χ4n) is 7.41. The molecule has 4 aromatic carbocycles. The molecule has 0 spiro atoms. The molecule has 3 atom stereocenters. The van der Waals surface area contributed by atoms with Gasteiger partial charge in [-0.2, -0.15) is 0 Å². The van der Waals surface area contributed by atoms with Crippen LogP contribution in [0.4, 0.5) is 11.4 Å². The average Bonchev–Trinajstić information content (AvgIpc) is 3.11. The Morgan fingerprint density at radius 3 is 1.17 bits per heavy atom. The normalized spacial score (nSPS) is 13.3. The van der Waals surface area contributed by atoms with Gasteiger partial charge in [0, 0.05) is 23.2 Å². The van der Waals surface area contributed by atoms with Crippen LogP contribution < -0.4 is 11.5 Å². The highest BCUT2D eigenvalue weighted by atomic mass is 14.5. The van der Waals surface area contributed by atoms with E-state index < -0.39 is 0 Å². The molecule has 0 aromatic heterocycles. The molecule has 3 unspecified atom stereocenters. The van der Waals surface area contributed by atoms with E-state index in [1.165, 1.54) is 130 Å². The number of benzene rings is 4. The van der Waals surface area contributed by atoms with Crippen LogP contribution in [0.5, 0.6) is 0 Å². The fourth-order valence-corrected chi connectivity index (χ4v) is 7.41. The molecule has 0 aliphatic carbocycles. The zero-order valence-corrected chi connectivity index (χ0v) is 30.4. The van der Waals surface area contributed by atoms with Gasteiger partial charge in [0.15, 0.2) is 0 Å². The number of unbranched alkanes of at least 4 members (excludes halogenated alkanes) is 9. The minimum absolute atomic E-state index is 0.417. The predicted molar refractivity (Wildman–Crippen MR) is 211 cm³/mol. The van der Waals surface area contributed by atoms with Gasteiger partial charge in [0.2, 0.25) is 0 Å². The largest absolute Gasteiger partial charge is 0.399 e. The SMILES string of the molecule is CCCCCCCCCCC(Cc1ccc(C(CCCC)c2ccc(N)cc2)cc1)c1ccc(C(CCCC)c2ccc(N)cc2)cc1. The lowest BCUT2D eigenvalue weighted by molar-refractivity contribution is 0.527. The van der Waals surface area contributed by atoms with Crippen molar-refractivity contribution in [2.75, 3.05) is 11.5 Å². The van der Waals surface area contributed by atoms with E-state index in [1.807, 2.05) is 12.1 Å². The molecule has 0 saturated carbocycles. The predicted octanol–water partition coefficient (Wildman–Crippen LogP) is 13.4.